The van der Waals surface area contributed by atoms with E-state index in [2.05, 4.69) is 23.5 Å². The first kappa shape index (κ1) is 23.5. The summed E-state index contributed by atoms with van der Waals surface area (Å²) in [7, 11) is -3.84. The highest BCUT2D eigenvalue weighted by atomic mass is 35.5. The summed E-state index contributed by atoms with van der Waals surface area (Å²) in [5.74, 6) is -0.147. The maximum atomic E-state index is 13.4. The number of hydrogen-bond donors (Lipinski definition) is 1. The summed E-state index contributed by atoms with van der Waals surface area (Å²) in [6.07, 6.45) is 2.66. The standard InChI is InChI=1S/C24H32ClN3O3S/c1-16(2)27-11-9-21(10-12-27)28-13-8-17(3)23(24(28)29)26-32(30,31)22-7-5-18-14-20(25)6-4-19(18)15-22/h4-7,14-17,21,23,26H,8-13H2,1-3H3/t17-,23+/m1/s1. The quantitative estimate of drug-likeness (QED) is 0.709. The van der Waals surface area contributed by atoms with Crippen molar-refractivity contribution in [2.24, 2.45) is 5.92 Å². The number of piperidine rings is 2. The fraction of sp³-hybridized carbons (Fsp3) is 0.542. The van der Waals surface area contributed by atoms with Crippen LogP contribution >= 0.6 is 11.6 Å². The van der Waals surface area contributed by atoms with Crippen molar-refractivity contribution in [1.82, 2.24) is 14.5 Å². The van der Waals surface area contributed by atoms with Crippen molar-refractivity contribution in [2.45, 2.75) is 63.1 Å². The summed E-state index contributed by atoms with van der Waals surface area (Å²) in [5, 5.41) is 2.27. The van der Waals surface area contributed by atoms with Crippen LogP contribution in [0.4, 0.5) is 0 Å². The molecule has 174 valence electrons. The summed E-state index contributed by atoms with van der Waals surface area (Å²) in [6, 6.07) is 10.2. The van der Waals surface area contributed by atoms with Crippen LogP contribution in [0.3, 0.4) is 0 Å². The summed E-state index contributed by atoms with van der Waals surface area (Å²) >= 11 is 6.03. The first-order chi connectivity index (χ1) is 15.2. The van der Waals surface area contributed by atoms with E-state index in [1.807, 2.05) is 11.8 Å². The molecule has 2 aliphatic rings. The van der Waals surface area contributed by atoms with Crippen LogP contribution in [0.1, 0.15) is 40.0 Å². The number of carbonyl (C=O) groups is 1. The molecular weight excluding hydrogens is 446 g/mol. The molecule has 2 heterocycles. The molecule has 2 aromatic carbocycles. The predicted molar refractivity (Wildman–Crippen MR) is 128 cm³/mol. The second-order valence-corrected chi connectivity index (χ2v) is 11.6. The molecule has 8 heteroatoms. The molecule has 0 unspecified atom stereocenters. The zero-order chi connectivity index (χ0) is 23.0. The Morgan fingerprint density at radius 3 is 2.34 bits per heavy atom. The van der Waals surface area contributed by atoms with Crippen LogP contribution in [0.15, 0.2) is 41.3 Å². The van der Waals surface area contributed by atoms with Crippen LogP contribution in [0.2, 0.25) is 5.02 Å². The van der Waals surface area contributed by atoms with Gasteiger partial charge in [0.1, 0.15) is 6.04 Å². The van der Waals surface area contributed by atoms with Crippen LogP contribution in [0, 0.1) is 5.92 Å². The molecule has 2 saturated heterocycles. The van der Waals surface area contributed by atoms with Crippen LogP contribution in [-0.4, -0.2) is 61.9 Å². The largest absolute Gasteiger partial charge is 0.338 e. The maximum Gasteiger partial charge on any atom is 0.241 e. The molecule has 0 aliphatic carbocycles. The molecule has 2 atom stereocenters. The average Bonchev–Trinajstić information content (AvgIpc) is 2.76. The van der Waals surface area contributed by atoms with Gasteiger partial charge in [-0.2, -0.15) is 4.72 Å². The van der Waals surface area contributed by atoms with E-state index < -0.39 is 16.1 Å². The Balaban J connectivity index is 1.51. The number of likely N-dealkylation sites (tertiary alicyclic amines) is 2. The number of hydrogen-bond acceptors (Lipinski definition) is 4. The molecule has 32 heavy (non-hydrogen) atoms. The molecule has 2 aromatic rings. The van der Waals surface area contributed by atoms with E-state index in [-0.39, 0.29) is 22.8 Å². The Hall–Kier alpha value is -1.67. The summed E-state index contributed by atoms with van der Waals surface area (Å²) in [4.78, 5) is 17.9. The second-order valence-electron chi connectivity index (χ2n) is 9.41. The Morgan fingerprint density at radius 2 is 1.66 bits per heavy atom. The Morgan fingerprint density at radius 1 is 1.00 bits per heavy atom. The normalized spacial score (nSPS) is 23.9. The lowest BCUT2D eigenvalue weighted by molar-refractivity contribution is -0.141. The second kappa shape index (κ2) is 9.29. The summed E-state index contributed by atoms with van der Waals surface area (Å²) < 4.78 is 29.1. The van der Waals surface area contributed by atoms with Gasteiger partial charge in [0.15, 0.2) is 0 Å². The van der Waals surface area contributed by atoms with E-state index in [0.717, 1.165) is 43.1 Å². The van der Waals surface area contributed by atoms with Gasteiger partial charge in [0.05, 0.1) is 4.90 Å². The highest BCUT2D eigenvalue weighted by molar-refractivity contribution is 7.89. The fourth-order valence-corrected chi connectivity index (χ4v) is 6.40. The van der Waals surface area contributed by atoms with E-state index in [1.54, 1.807) is 36.4 Å². The molecular formula is C24H32ClN3O3S. The molecule has 0 saturated carbocycles. The summed E-state index contributed by atoms with van der Waals surface area (Å²) in [5.41, 5.74) is 0. The fourth-order valence-electron chi connectivity index (χ4n) is 4.88. The number of amides is 1. The van der Waals surface area contributed by atoms with Crippen molar-refractivity contribution in [3.63, 3.8) is 0 Å². The van der Waals surface area contributed by atoms with Gasteiger partial charge >= 0.3 is 0 Å². The third-order valence-electron chi connectivity index (χ3n) is 6.98. The van der Waals surface area contributed by atoms with Gasteiger partial charge in [-0.3, -0.25) is 4.79 Å². The van der Waals surface area contributed by atoms with E-state index in [9.17, 15) is 13.2 Å². The number of halogens is 1. The summed E-state index contributed by atoms with van der Waals surface area (Å²) in [6.45, 7) is 8.98. The number of carbonyl (C=O) groups excluding carboxylic acids is 1. The SMILES string of the molecule is CC(C)N1CCC(N2CC[C@@H](C)[C@H](NS(=O)(=O)c3ccc4cc(Cl)ccc4c3)C2=O)CC1. The Labute approximate surface area is 196 Å². The van der Waals surface area contributed by atoms with E-state index in [4.69, 9.17) is 11.6 Å². The molecule has 4 rings (SSSR count). The number of rotatable bonds is 5. The van der Waals surface area contributed by atoms with Crippen molar-refractivity contribution in [1.29, 1.82) is 0 Å². The molecule has 1 N–H and O–H groups in total. The molecule has 2 fully saturated rings. The Bertz CT molecular complexity index is 1100. The van der Waals surface area contributed by atoms with Gasteiger partial charge in [0.25, 0.3) is 0 Å². The van der Waals surface area contributed by atoms with Crippen molar-refractivity contribution in [3.8, 4) is 0 Å². The van der Waals surface area contributed by atoms with Gasteiger partial charge in [-0.25, -0.2) is 8.42 Å². The number of nitrogens with zero attached hydrogens (tertiary/aromatic N) is 2. The van der Waals surface area contributed by atoms with Gasteiger partial charge in [0, 0.05) is 36.7 Å². The first-order valence-electron chi connectivity index (χ1n) is 11.4. The molecule has 0 spiro atoms. The van der Waals surface area contributed by atoms with Gasteiger partial charge in [-0.1, -0.05) is 30.7 Å². The van der Waals surface area contributed by atoms with Crippen LogP contribution < -0.4 is 4.72 Å². The van der Waals surface area contributed by atoms with Crippen molar-refractivity contribution in [2.75, 3.05) is 19.6 Å². The molecule has 2 aliphatic heterocycles. The Kier molecular flexibility index (Phi) is 6.82. The van der Waals surface area contributed by atoms with E-state index >= 15 is 0 Å². The zero-order valence-corrected chi connectivity index (χ0v) is 20.5. The van der Waals surface area contributed by atoms with Gasteiger partial charge in [-0.05, 0) is 74.1 Å². The van der Waals surface area contributed by atoms with Gasteiger partial charge in [0.2, 0.25) is 15.9 Å². The number of sulfonamides is 1. The van der Waals surface area contributed by atoms with Crippen LogP contribution in [0.25, 0.3) is 10.8 Å². The van der Waals surface area contributed by atoms with E-state index in [0.29, 0.717) is 17.6 Å². The minimum atomic E-state index is -3.84. The lowest BCUT2D eigenvalue weighted by Crippen LogP contribution is -2.60. The lowest BCUT2D eigenvalue weighted by Gasteiger charge is -2.44. The topological polar surface area (TPSA) is 69.7 Å². The number of benzene rings is 2. The molecule has 0 aromatic heterocycles. The van der Waals surface area contributed by atoms with Gasteiger partial charge in [-0.15, -0.1) is 0 Å². The molecule has 6 nitrogen and oxygen atoms in total. The highest BCUT2D eigenvalue weighted by Crippen LogP contribution is 2.28. The number of nitrogens with one attached hydrogen (secondary N) is 1. The van der Waals surface area contributed by atoms with Crippen LogP contribution in [-0.2, 0) is 14.8 Å². The number of fused-ring (bicyclic) bond motifs is 1. The monoisotopic (exact) mass is 477 g/mol. The minimum absolute atomic E-state index is 0.0523. The molecule has 0 bridgehead atoms. The molecule has 0 radical (unpaired) electrons. The van der Waals surface area contributed by atoms with Crippen molar-refractivity contribution in [3.05, 3.63) is 41.4 Å². The lowest BCUT2D eigenvalue weighted by atomic mass is 9.90. The zero-order valence-electron chi connectivity index (χ0n) is 18.9. The first-order valence-corrected chi connectivity index (χ1v) is 13.3. The average molecular weight is 478 g/mol. The molecule has 1 amide bonds. The van der Waals surface area contributed by atoms with E-state index in [1.165, 1.54) is 0 Å². The maximum absolute atomic E-state index is 13.4. The third-order valence-corrected chi connectivity index (χ3v) is 8.65. The highest BCUT2D eigenvalue weighted by Gasteiger charge is 2.40. The van der Waals surface area contributed by atoms with Gasteiger partial charge < -0.3 is 9.80 Å². The van der Waals surface area contributed by atoms with Crippen LogP contribution in [0.5, 0.6) is 0 Å². The predicted octanol–water partition coefficient (Wildman–Crippen LogP) is 3.88. The van der Waals surface area contributed by atoms with Crippen molar-refractivity contribution >= 4 is 38.3 Å². The smallest absolute Gasteiger partial charge is 0.241 e. The van der Waals surface area contributed by atoms with Crippen molar-refractivity contribution < 1.29 is 13.2 Å². The third kappa shape index (κ3) is 4.81. The minimum Gasteiger partial charge on any atom is -0.338 e.